The second kappa shape index (κ2) is 7.92. The van der Waals surface area contributed by atoms with Crippen LogP contribution in [0.4, 0.5) is 0 Å². The van der Waals surface area contributed by atoms with E-state index in [1.54, 1.807) is 0 Å². The molecule has 118 valence electrons. The van der Waals surface area contributed by atoms with E-state index in [0.717, 1.165) is 25.7 Å². The van der Waals surface area contributed by atoms with Gasteiger partial charge in [0.2, 0.25) is 0 Å². The molecule has 0 bridgehead atoms. The summed E-state index contributed by atoms with van der Waals surface area (Å²) in [5.41, 5.74) is 4.09. The fourth-order valence-corrected chi connectivity index (χ4v) is 3.33. The van der Waals surface area contributed by atoms with Crippen molar-refractivity contribution in [3.8, 4) is 0 Å². The summed E-state index contributed by atoms with van der Waals surface area (Å²) in [6.07, 6.45) is 2.41. The molecule has 1 saturated heterocycles. The molecule has 1 aliphatic rings. The quantitative estimate of drug-likeness (QED) is 0.872. The number of hydrogen-bond acceptors (Lipinski definition) is 3. The van der Waals surface area contributed by atoms with Crippen molar-refractivity contribution in [1.29, 1.82) is 0 Å². The molecule has 0 spiro atoms. The molecule has 1 aliphatic heterocycles. The van der Waals surface area contributed by atoms with Crippen molar-refractivity contribution in [2.45, 2.75) is 32.7 Å². The maximum Gasteiger partial charge on any atom is 0.0469 e. The van der Waals surface area contributed by atoms with Crippen LogP contribution in [-0.2, 0) is 4.74 Å². The molecule has 1 N–H and O–H groups in total. The van der Waals surface area contributed by atoms with Crippen LogP contribution in [0, 0.1) is 19.8 Å². The van der Waals surface area contributed by atoms with E-state index >= 15 is 0 Å². The number of benzene rings is 1. The highest BCUT2D eigenvalue weighted by molar-refractivity contribution is 5.30. The molecule has 0 aliphatic carbocycles. The van der Waals surface area contributed by atoms with E-state index in [-0.39, 0.29) is 0 Å². The number of ether oxygens (including phenoxy) is 1. The van der Waals surface area contributed by atoms with Gasteiger partial charge in [-0.3, -0.25) is 0 Å². The van der Waals surface area contributed by atoms with Crippen molar-refractivity contribution in [3.63, 3.8) is 0 Å². The van der Waals surface area contributed by atoms with Gasteiger partial charge in [-0.05, 0) is 52.3 Å². The van der Waals surface area contributed by atoms with E-state index in [1.165, 1.54) is 36.1 Å². The molecule has 0 amide bonds. The molecule has 21 heavy (non-hydrogen) atoms. The molecule has 3 heteroatoms. The van der Waals surface area contributed by atoms with Crippen LogP contribution in [0.25, 0.3) is 0 Å². The molecule has 1 fully saturated rings. The maximum atomic E-state index is 5.45. The molecule has 0 radical (unpaired) electrons. The Bertz CT molecular complexity index is 421. The third kappa shape index (κ3) is 5.10. The Morgan fingerprint density at radius 3 is 2.38 bits per heavy atom. The molecule has 1 heterocycles. The van der Waals surface area contributed by atoms with Crippen LogP contribution >= 0.6 is 0 Å². The largest absolute Gasteiger partial charge is 0.381 e. The zero-order valence-electron chi connectivity index (χ0n) is 14.0. The Morgan fingerprint density at radius 2 is 1.81 bits per heavy atom. The highest BCUT2D eigenvalue weighted by Crippen LogP contribution is 2.20. The minimum atomic E-state index is 0.397. The summed E-state index contributed by atoms with van der Waals surface area (Å²) in [6.45, 7) is 8.45. The lowest BCUT2D eigenvalue weighted by Crippen LogP contribution is -2.35. The second-order valence-corrected chi connectivity index (χ2v) is 6.54. The lowest BCUT2D eigenvalue weighted by molar-refractivity contribution is 0.0548. The predicted octanol–water partition coefficient (Wildman–Crippen LogP) is 2.92. The lowest BCUT2D eigenvalue weighted by Gasteiger charge is -2.30. The predicted molar refractivity (Wildman–Crippen MR) is 88.8 cm³/mol. The van der Waals surface area contributed by atoms with Gasteiger partial charge in [0.25, 0.3) is 0 Å². The first-order valence-electron chi connectivity index (χ1n) is 8.10. The Morgan fingerprint density at radius 1 is 1.19 bits per heavy atom. The summed E-state index contributed by atoms with van der Waals surface area (Å²) < 4.78 is 5.45. The summed E-state index contributed by atoms with van der Waals surface area (Å²) in [6, 6.07) is 7.24. The van der Waals surface area contributed by atoms with Gasteiger partial charge in [-0.25, -0.2) is 0 Å². The smallest absolute Gasteiger partial charge is 0.0469 e. The van der Waals surface area contributed by atoms with E-state index in [0.29, 0.717) is 6.04 Å². The molecule has 1 atom stereocenters. The average Bonchev–Trinajstić information content (AvgIpc) is 2.44. The third-order valence-corrected chi connectivity index (χ3v) is 4.40. The average molecular weight is 290 g/mol. The molecule has 2 rings (SSSR count). The van der Waals surface area contributed by atoms with Gasteiger partial charge in [0.05, 0.1) is 0 Å². The molecule has 0 saturated carbocycles. The topological polar surface area (TPSA) is 24.5 Å². The van der Waals surface area contributed by atoms with Crippen molar-refractivity contribution in [2.75, 3.05) is 40.4 Å². The van der Waals surface area contributed by atoms with Gasteiger partial charge in [0, 0.05) is 32.3 Å². The van der Waals surface area contributed by atoms with Gasteiger partial charge < -0.3 is 15.0 Å². The SMILES string of the molecule is CNC(CN(C)CC1CCOCC1)c1cc(C)cc(C)c1. The minimum Gasteiger partial charge on any atom is -0.381 e. The summed E-state index contributed by atoms with van der Waals surface area (Å²) in [5, 5.41) is 3.47. The number of likely N-dealkylation sites (N-methyl/N-ethyl adjacent to an activating group) is 2. The summed E-state index contributed by atoms with van der Waals surface area (Å²) in [5.74, 6) is 0.792. The van der Waals surface area contributed by atoms with Crippen molar-refractivity contribution < 1.29 is 4.74 Å². The van der Waals surface area contributed by atoms with Crippen LogP contribution < -0.4 is 5.32 Å². The molecule has 1 aromatic carbocycles. The first-order valence-corrected chi connectivity index (χ1v) is 8.10. The van der Waals surface area contributed by atoms with Gasteiger partial charge >= 0.3 is 0 Å². The van der Waals surface area contributed by atoms with Crippen LogP contribution in [0.5, 0.6) is 0 Å². The van der Waals surface area contributed by atoms with Gasteiger partial charge in [-0.1, -0.05) is 29.3 Å². The standard InChI is InChI=1S/C18H30N2O/c1-14-9-15(2)11-17(10-14)18(19-3)13-20(4)12-16-5-7-21-8-6-16/h9-11,16,18-19H,5-8,12-13H2,1-4H3. The van der Waals surface area contributed by atoms with Crippen LogP contribution in [-0.4, -0.2) is 45.3 Å². The zero-order chi connectivity index (χ0) is 15.2. The fraction of sp³-hybridized carbons (Fsp3) is 0.667. The van der Waals surface area contributed by atoms with Crippen LogP contribution in [0.2, 0.25) is 0 Å². The lowest BCUT2D eigenvalue weighted by atomic mass is 9.98. The first-order chi connectivity index (χ1) is 10.1. The molecule has 0 aromatic heterocycles. The fourth-order valence-electron chi connectivity index (χ4n) is 3.33. The number of nitrogens with one attached hydrogen (secondary N) is 1. The normalized spacial score (nSPS) is 18.1. The van der Waals surface area contributed by atoms with Crippen molar-refractivity contribution in [2.24, 2.45) is 5.92 Å². The minimum absolute atomic E-state index is 0.397. The third-order valence-electron chi connectivity index (χ3n) is 4.40. The number of hydrogen-bond donors (Lipinski definition) is 1. The summed E-state index contributed by atoms with van der Waals surface area (Å²) in [7, 11) is 4.30. The van der Waals surface area contributed by atoms with Crippen molar-refractivity contribution in [3.05, 3.63) is 34.9 Å². The van der Waals surface area contributed by atoms with Gasteiger partial charge in [0.15, 0.2) is 0 Å². The van der Waals surface area contributed by atoms with E-state index in [1.807, 2.05) is 0 Å². The molecule has 3 nitrogen and oxygen atoms in total. The van der Waals surface area contributed by atoms with Gasteiger partial charge in [0.1, 0.15) is 0 Å². The van der Waals surface area contributed by atoms with Crippen LogP contribution in [0.3, 0.4) is 0 Å². The van der Waals surface area contributed by atoms with E-state index < -0.39 is 0 Å². The Labute approximate surface area is 129 Å². The van der Waals surface area contributed by atoms with Crippen LogP contribution in [0.1, 0.15) is 35.6 Å². The monoisotopic (exact) mass is 290 g/mol. The number of nitrogens with zero attached hydrogens (tertiary/aromatic N) is 1. The number of aryl methyl sites for hydroxylation is 2. The van der Waals surface area contributed by atoms with E-state index in [4.69, 9.17) is 4.74 Å². The van der Waals surface area contributed by atoms with Crippen molar-refractivity contribution in [1.82, 2.24) is 10.2 Å². The van der Waals surface area contributed by atoms with Crippen LogP contribution in [0.15, 0.2) is 18.2 Å². The van der Waals surface area contributed by atoms with E-state index in [2.05, 4.69) is 56.4 Å². The maximum absolute atomic E-state index is 5.45. The van der Waals surface area contributed by atoms with Gasteiger partial charge in [-0.15, -0.1) is 0 Å². The molecule has 1 unspecified atom stereocenters. The van der Waals surface area contributed by atoms with Gasteiger partial charge in [-0.2, -0.15) is 0 Å². The highest BCUT2D eigenvalue weighted by atomic mass is 16.5. The molecular weight excluding hydrogens is 260 g/mol. The van der Waals surface area contributed by atoms with E-state index in [9.17, 15) is 0 Å². The Hall–Kier alpha value is -0.900. The zero-order valence-corrected chi connectivity index (χ0v) is 14.0. The molecule has 1 aromatic rings. The molecular formula is C18H30N2O. The second-order valence-electron chi connectivity index (χ2n) is 6.54. The summed E-state index contributed by atoms with van der Waals surface area (Å²) in [4.78, 5) is 2.47. The van der Waals surface area contributed by atoms with Crippen molar-refractivity contribution >= 4 is 0 Å². The Balaban J connectivity index is 1.94. The first kappa shape index (κ1) is 16.5. The number of rotatable bonds is 6. The summed E-state index contributed by atoms with van der Waals surface area (Å²) >= 11 is 0. The highest BCUT2D eigenvalue weighted by Gasteiger charge is 2.18. The Kier molecular flexibility index (Phi) is 6.22.